The van der Waals surface area contributed by atoms with E-state index in [-0.39, 0.29) is 11.8 Å². The third-order valence-corrected chi connectivity index (χ3v) is 6.94. The van der Waals surface area contributed by atoms with Crippen molar-refractivity contribution < 1.29 is 9.59 Å². The Morgan fingerprint density at radius 3 is 2.62 bits per heavy atom. The first-order valence-corrected chi connectivity index (χ1v) is 12.2. The Morgan fingerprint density at radius 2 is 1.91 bits per heavy atom. The van der Waals surface area contributed by atoms with Gasteiger partial charge < -0.3 is 10.2 Å². The molecule has 0 saturated carbocycles. The summed E-state index contributed by atoms with van der Waals surface area (Å²) in [5, 5.41) is 7.74. The molecule has 172 valence electrons. The molecule has 0 bridgehead atoms. The lowest BCUT2D eigenvalue weighted by Gasteiger charge is -2.26. The molecular weight excluding hydrogens is 470 g/mol. The highest BCUT2D eigenvalue weighted by Crippen LogP contribution is 2.26. The Bertz CT molecular complexity index is 1320. The van der Waals surface area contributed by atoms with Gasteiger partial charge >= 0.3 is 0 Å². The number of anilines is 1. The average molecular weight is 492 g/mol. The number of amides is 2. The molecule has 4 heterocycles. The van der Waals surface area contributed by atoms with Gasteiger partial charge in [0.15, 0.2) is 0 Å². The van der Waals surface area contributed by atoms with Gasteiger partial charge in [-0.2, -0.15) is 5.10 Å². The summed E-state index contributed by atoms with van der Waals surface area (Å²) in [5.74, 6) is -0.0145. The summed E-state index contributed by atoms with van der Waals surface area (Å²) in [4.78, 5) is 31.4. The Hall–Kier alpha value is -3.49. The van der Waals surface area contributed by atoms with Gasteiger partial charge in [0.05, 0.1) is 20.6 Å². The van der Waals surface area contributed by atoms with E-state index in [0.717, 1.165) is 47.6 Å². The number of hydrogen-bond acceptors (Lipinski definition) is 5. The molecule has 9 heteroatoms. The molecule has 1 aliphatic heterocycles. The SMILES string of the molecule is O=C(NCc1cn(-c2ccc(N3CCCCC3=O)cc2)nc1-c1cccnc1)c1ccc(Cl)s1. The summed E-state index contributed by atoms with van der Waals surface area (Å²) in [6, 6.07) is 15.0. The Labute approximate surface area is 206 Å². The van der Waals surface area contributed by atoms with Crippen molar-refractivity contribution in [2.24, 2.45) is 0 Å². The zero-order valence-electron chi connectivity index (χ0n) is 18.3. The van der Waals surface area contributed by atoms with Gasteiger partial charge in [-0.05, 0) is 61.4 Å². The van der Waals surface area contributed by atoms with Crippen molar-refractivity contribution in [1.82, 2.24) is 20.1 Å². The first-order chi connectivity index (χ1) is 16.6. The van der Waals surface area contributed by atoms with Crippen LogP contribution in [0.5, 0.6) is 0 Å². The number of halogens is 1. The topological polar surface area (TPSA) is 80.1 Å². The minimum Gasteiger partial charge on any atom is -0.347 e. The van der Waals surface area contributed by atoms with E-state index < -0.39 is 0 Å². The van der Waals surface area contributed by atoms with Crippen molar-refractivity contribution >= 4 is 40.4 Å². The molecule has 0 spiro atoms. The molecule has 3 aromatic heterocycles. The largest absolute Gasteiger partial charge is 0.347 e. The highest BCUT2D eigenvalue weighted by molar-refractivity contribution is 7.18. The molecule has 34 heavy (non-hydrogen) atoms. The minimum absolute atomic E-state index is 0.169. The molecule has 1 aliphatic rings. The number of carbonyl (C=O) groups is 2. The number of pyridine rings is 1. The van der Waals surface area contributed by atoms with Crippen LogP contribution < -0.4 is 10.2 Å². The fraction of sp³-hybridized carbons (Fsp3) is 0.200. The molecule has 4 aromatic rings. The molecule has 1 aromatic carbocycles. The second-order valence-electron chi connectivity index (χ2n) is 7.99. The monoisotopic (exact) mass is 491 g/mol. The van der Waals surface area contributed by atoms with Crippen LogP contribution in [-0.4, -0.2) is 33.1 Å². The number of carbonyl (C=O) groups excluding carboxylic acids is 2. The first-order valence-electron chi connectivity index (χ1n) is 11.0. The summed E-state index contributed by atoms with van der Waals surface area (Å²) in [5.41, 5.74) is 4.23. The van der Waals surface area contributed by atoms with Gasteiger partial charge in [-0.15, -0.1) is 11.3 Å². The number of nitrogens with zero attached hydrogens (tertiary/aromatic N) is 4. The number of benzene rings is 1. The molecule has 0 aliphatic carbocycles. The number of piperidine rings is 1. The van der Waals surface area contributed by atoms with Crippen LogP contribution in [0.1, 0.15) is 34.5 Å². The number of thiophene rings is 1. The van der Waals surface area contributed by atoms with Gasteiger partial charge in [0.1, 0.15) is 0 Å². The average Bonchev–Trinajstić information content (AvgIpc) is 3.50. The number of aromatic nitrogens is 3. The lowest BCUT2D eigenvalue weighted by atomic mass is 10.1. The van der Waals surface area contributed by atoms with Crippen LogP contribution in [0.2, 0.25) is 4.34 Å². The van der Waals surface area contributed by atoms with E-state index >= 15 is 0 Å². The smallest absolute Gasteiger partial charge is 0.261 e. The zero-order chi connectivity index (χ0) is 23.5. The second-order valence-corrected chi connectivity index (χ2v) is 9.71. The van der Waals surface area contributed by atoms with E-state index in [1.807, 2.05) is 47.5 Å². The first kappa shape index (κ1) is 22.3. The van der Waals surface area contributed by atoms with Crippen LogP contribution in [0.4, 0.5) is 5.69 Å². The van der Waals surface area contributed by atoms with Gasteiger partial charge in [-0.25, -0.2) is 4.68 Å². The molecule has 0 radical (unpaired) electrons. The van der Waals surface area contributed by atoms with Crippen molar-refractivity contribution in [2.75, 3.05) is 11.4 Å². The molecule has 0 atom stereocenters. The summed E-state index contributed by atoms with van der Waals surface area (Å²) >= 11 is 7.20. The van der Waals surface area contributed by atoms with E-state index in [2.05, 4.69) is 10.3 Å². The van der Waals surface area contributed by atoms with Gasteiger partial charge in [-0.1, -0.05) is 11.6 Å². The minimum atomic E-state index is -0.183. The van der Waals surface area contributed by atoms with Crippen LogP contribution in [0.3, 0.4) is 0 Å². The lowest BCUT2D eigenvalue weighted by molar-refractivity contribution is -0.119. The van der Waals surface area contributed by atoms with Crippen molar-refractivity contribution in [2.45, 2.75) is 25.8 Å². The van der Waals surface area contributed by atoms with E-state index in [9.17, 15) is 9.59 Å². The van der Waals surface area contributed by atoms with Crippen molar-refractivity contribution in [3.8, 4) is 16.9 Å². The maximum absolute atomic E-state index is 12.5. The third-order valence-electron chi connectivity index (χ3n) is 5.71. The van der Waals surface area contributed by atoms with Crippen LogP contribution >= 0.6 is 22.9 Å². The molecule has 2 amide bonds. The van der Waals surface area contributed by atoms with Crippen LogP contribution in [0.15, 0.2) is 67.1 Å². The Kier molecular flexibility index (Phi) is 6.42. The predicted molar refractivity (Wildman–Crippen MR) is 133 cm³/mol. The van der Waals surface area contributed by atoms with E-state index in [4.69, 9.17) is 16.7 Å². The number of rotatable bonds is 6. The molecular formula is C25H22ClN5O2S. The van der Waals surface area contributed by atoms with Gasteiger partial charge in [0, 0.05) is 54.9 Å². The predicted octanol–water partition coefficient (Wildman–Crippen LogP) is 5.10. The number of hydrogen-bond donors (Lipinski definition) is 1. The molecule has 7 nitrogen and oxygen atoms in total. The van der Waals surface area contributed by atoms with Crippen molar-refractivity contribution in [1.29, 1.82) is 0 Å². The Balaban J connectivity index is 1.41. The quantitative estimate of drug-likeness (QED) is 0.407. The van der Waals surface area contributed by atoms with E-state index in [1.165, 1.54) is 11.3 Å². The molecule has 1 saturated heterocycles. The normalized spacial score (nSPS) is 13.8. The van der Waals surface area contributed by atoms with Gasteiger partial charge in [-0.3, -0.25) is 14.6 Å². The summed E-state index contributed by atoms with van der Waals surface area (Å²) < 4.78 is 2.36. The summed E-state index contributed by atoms with van der Waals surface area (Å²) in [7, 11) is 0. The highest BCUT2D eigenvalue weighted by Gasteiger charge is 2.20. The van der Waals surface area contributed by atoms with Crippen molar-refractivity contribution in [3.63, 3.8) is 0 Å². The fourth-order valence-electron chi connectivity index (χ4n) is 3.98. The van der Waals surface area contributed by atoms with Crippen LogP contribution in [0.25, 0.3) is 16.9 Å². The maximum Gasteiger partial charge on any atom is 0.261 e. The summed E-state index contributed by atoms with van der Waals surface area (Å²) in [6.07, 6.45) is 7.95. The van der Waals surface area contributed by atoms with Gasteiger partial charge in [0.2, 0.25) is 5.91 Å². The lowest BCUT2D eigenvalue weighted by Crippen LogP contribution is -2.35. The molecule has 0 unspecified atom stereocenters. The van der Waals surface area contributed by atoms with Gasteiger partial charge in [0.25, 0.3) is 5.91 Å². The van der Waals surface area contributed by atoms with E-state index in [1.54, 1.807) is 29.2 Å². The Morgan fingerprint density at radius 1 is 1.09 bits per heavy atom. The highest BCUT2D eigenvalue weighted by atomic mass is 35.5. The molecule has 1 fully saturated rings. The standard InChI is InChI=1S/C25H22ClN5O2S/c26-22-11-10-21(34-22)25(33)28-15-18-16-31(29-24(18)17-4-3-12-27-14-17)20-8-6-19(7-9-20)30-13-2-1-5-23(30)32/h3-4,6-12,14,16H,1-2,5,13,15H2,(H,28,33). The zero-order valence-corrected chi connectivity index (χ0v) is 19.9. The second kappa shape index (κ2) is 9.79. The summed E-state index contributed by atoms with van der Waals surface area (Å²) in [6.45, 7) is 1.06. The maximum atomic E-state index is 12.5. The molecule has 5 rings (SSSR count). The molecule has 1 N–H and O–H groups in total. The van der Waals surface area contributed by atoms with E-state index in [0.29, 0.717) is 22.2 Å². The van der Waals surface area contributed by atoms with Crippen LogP contribution in [-0.2, 0) is 11.3 Å². The number of nitrogens with one attached hydrogen (secondary N) is 1. The van der Waals surface area contributed by atoms with Crippen LogP contribution in [0, 0.1) is 0 Å². The third kappa shape index (κ3) is 4.73. The fourth-order valence-corrected chi connectivity index (χ4v) is 4.94. The van der Waals surface area contributed by atoms with Crippen molar-refractivity contribution in [3.05, 3.63) is 81.9 Å².